The first-order valence-electron chi connectivity index (χ1n) is 9.62. The molecule has 0 bridgehead atoms. The fraction of sp³-hybridized carbons (Fsp3) is 0.300. The van der Waals surface area contributed by atoms with Gasteiger partial charge < -0.3 is 9.47 Å². The highest BCUT2D eigenvalue weighted by molar-refractivity contribution is 5.90. The second-order valence-electron chi connectivity index (χ2n) is 7.22. The lowest BCUT2D eigenvalue weighted by atomic mass is 10.1. The summed E-state index contributed by atoms with van der Waals surface area (Å²) in [5.74, 6) is 2.09. The Morgan fingerprint density at radius 3 is 2.83 bits per heavy atom. The average molecular weight is 388 g/mol. The lowest BCUT2D eigenvalue weighted by Gasteiger charge is -2.31. The van der Waals surface area contributed by atoms with E-state index in [1.807, 2.05) is 18.2 Å². The zero-order chi connectivity index (χ0) is 19.8. The molecule has 0 radical (unpaired) electrons. The van der Waals surface area contributed by atoms with Crippen molar-refractivity contribution in [3.8, 4) is 0 Å². The second kappa shape index (κ2) is 7.08. The minimum Gasteiger partial charge on any atom is -0.326 e. The molecule has 5 rings (SSSR count). The quantitative estimate of drug-likeness (QED) is 0.528. The second-order valence-corrected chi connectivity index (χ2v) is 7.22. The Balaban J connectivity index is 1.34. The van der Waals surface area contributed by atoms with Crippen molar-refractivity contribution < 1.29 is 4.79 Å². The minimum atomic E-state index is -0.220. The largest absolute Gasteiger partial charge is 0.326 e. The van der Waals surface area contributed by atoms with Gasteiger partial charge in [-0.05, 0) is 25.0 Å². The third-order valence-electron chi connectivity index (χ3n) is 5.17. The summed E-state index contributed by atoms with van der Waals surface area (Å²) in [6.07, 6.45) is 5.07. The predicted octanol–water partition coefficient (Wildman–Crippen LogP) is 1.72. The smallest absolute Gasteiger partial charge is 0.294 e. The van der Waals surface area contributed by atoms with E-state index in [4.69, 9.17) is 0 Å². The van der Waals surface area contributed by atoms with Crippen LogP contribution in [0.25, 0.3) is 5.78 Å². The molecule has 9 nitrogen and oxygen atoms in total. The maximum atomic E-state index is 12.9. The van der Waals surface area contributed by atoms with E-state index in [-0.39, 0.29) is 17.8 Å². The summed E-state index contributed by atoms with van der Waals surface area (Å²) in [4.78, 5) is 23.0. The molecule has 4 aromatic rings. The number of carbonyl (C=O) groups excluding carboxylic acids is 1. The van der Waals surface area contributed by atoms with Crippen molar-refractivity contribution in [1.29, 1.82) is 0 Å². The van der Waals surface area contributed by atoms with Crippen LogP contribution in [-0.4, -0.2) is 51.7 Å². The van der Waals surface area contributed by atoms with Crippen LogP contribution in [-0.2, 0) is 19.4 Å². The Labute approximate surface area is 167 Å². The summed E-state index contributed by atoms with van der Waals surface area (Å²) in [5, 5.41) is 13.0. The molecule has 9 heteroatoms. The summed E-state index contributed by atoms with van der Waals surface area (Å²) in [7, 11) is 0. The number of carbonyl (C=O) groups is 1. The maximum absolute atomic E-state index is 12.9. The van der Waals surface area contributed by atoms with Crippen LogP contribution in [0, 0.1) is 0 Å². The fourth-order valence-electron chi connectivity index (χ4n) is 3.80. The maximum Gasteiger partial charge on any atom is 0.294 e. The Kier molecular flexibility index (Phi) is 4.27. The van der Waals surface area contributed by atoms with Crippen LogP contribution in [0.1, 0.15) is 40.8 Å². The number of benzene rings is 1. The van der Waals surface area contributed by atoms with Gasteiger partial charge in [0.2, 0.25) is 5.82 Å². The summed E-state index contributed by atoms with van der Waals surface area (Å²) in [5.41, 5.74) is 1.27. The highest BCUT2D eigenvalue weighted by Gasteiger charge is 2.31. The van der Waals surface area contributed by atoms with Crippen molar-refractivity contribution in [2.75, 3.05) is 6.54 Å². The van der Waals surface area contributed by atoms with Gasteiger partial charge in [-0.25, -0.2) is 9.50 Å². The molecule has 4 heterocycles. The topological polar surface area (TPSA) is 94.1 Å². The summed E-state index contributed by atoms with van der Waals surface area (Å²) in [6.45, 7) is 3.03. The van der Waals surface area contributed by atoms with Gasteiger partial charge in [0.1, 0.15) is 5.82 Å². The van der Waals surface area contributed by atoms with Gasteiger partial charge in [0.25, 0.3) is 11.7 Å². The molecule has 0 N–H and O–H groups in total. The van der Waals surface area contributed by atoms with E-state index < -0.39 is 0 Å². The molecule has 1 aromatic carbocycles. The van der Waals surface area contributed by atoms with Crippen LogP contribution in [0.4, 0.5) is 0 Å². The predicted molar refractivity (Wildman–Crippen MR) is 104 cm³/mol. The summed E-state index contributed by atoms with van der Waals surface area (Å²) in [6, 6.07) is 12.2. The monoisotopic (exact) mass is 388 g/mol. The number of hydrogen-bond donors (Lipinski definition) is 0. The van der Waals surface area contributed by atoms with Crippen LogP contribution in [0.2, 0.25) is 0 Å². The van der Waals surface area contributed by atoms with Crippen molar-refractivity contribution in [2.24, 2.45) is 0 Å². The number of fused-ring (bicyclic) bond motifs is 2. The van der Waals surface area contributed by atoms with E-state index in [1.165, 1.54) is 10.1 Å². The molecule has 0 unspecified atom stereocenters. The molecule has 0 saturated heterocycles. The molecule has 0 spiro atoms. The fourth-order valence-corrected chi connectivity index (χ4v) is 3.80. The first kappa shape index (κ1) is 17.5. The zero-order valence-corrected chi connectivity index (χ0v) is 16.0. The molecule has 1 atom stereocenters. The zero-order valence-electron chi connectivity index (χ0n) is 16.0. The van der Waals surface area contributed by atoms with Crippen LogP contribution >= 0.6 is 0 Å². The Hall–Kier alpha value is -3.62. The van der Waals surface area contributed by atoms with Crippen molar-refractivity contribution in [2.45, 2.75) is 32.4 Å². The summed E-state index contributed by atoms with van der Waals surface area (Å²) < 4.78 is 3.66. The number of rotatable bonds is 4. The van der Waals surface area contributed by atoms with Crippen molar-refractivity contribution in [3.63, 3.8) is 0 Å². The third-order valence-corrected chi connectivity index (χ3v) is 5.17. The van der Waals surface area contributed by atoms with Crippen molar-refractivity contribution in [3.05, 3.63) is 71.8 Å². The molecular weight excluding hydrogens is 368 g/mol. The van der Waals surface area contributed by atoms with Crippen molar-refractivity contribution in [1.82, 2.24) is 39.2 Å². The minimum absolute atomic E-state index is 0.0821. The molecule has 0 aliphatic carbocycles. The van der Waals surface area contributed by atoms with Crippen LogP contribution in [0.5, 0.6) is 0 Å². The number of nitrogens with zero attached hydrogens (tertiary/aromatic N) is 8. The molecule has 0 fully saturated rings. The number of amides is 1. The Bertz CT molecular complexity index is 1130. The molecule has 3 aromatic heterocycles. The van der Waals surface area contributed by atoms with E-state index in [1.54, 1.807) is 23.4 Å². The van der Waals surface area contributed by atoms with E-state index in [9.17, 15) is 4.79 Å². The van der Waals surface area contributed by atoms with Gasteiger partial charge in [0.15, 0.2) is 5.82 Å². The standard InChI is InChI=1S/C20H20N8O/c1-14-12-26(19(29)18-22-20-21-10-5-11-27(20)25-18)13-17-24-23-16(28(14)17)9-8-15-6-3-2-4-7-15/h2-7,10-11,14H,8-9,12-13H2,1H3/t14-/m0/s1. The SMILES string of the molecule is C[C@H]1CN(C(=O)c2nc3ncccn3n2)Cc2nnc(CCc3ccccc3)n21. The van der Waals surface area contributed by atoms with Gasteiger partial charge in [-0.2, -0.15) is 4.98 Å². The lowest BCUT2D eigenvalue weighted by Crippen LogP contribution is -2.41. The van der Waals surface area contributed by atoms with Gasteiger partial charge in [0.05, 0.1) is 12.6 Å². The Morgan fingerprint density at radius 1 is 1.14 bits per heavy atom. The van der Waals surface area contributed by atoms with E-state index >= 15 is 0 Å². The first-order valence-corrected chi connectivity index (χ1v) is 9.62. The van der Waals surface area contributed by atoms with Crippen LogP contribution in [0.15, 0.2) is 48.8 Å². The lowest BCUT2D eigenvalue weighted by molar-refractivity contribution is 0.0667. The van der Waals surface area contributed by atoms with Gasteiger partial charge in [-0.15, -0.1) is 15.3 Å². The van der Waals surface area contributed by atoms with Gasteiger partial charge >= 0.3 is 0 Å². The van der Waals surface area contributed by atoms with E-state index in [0.29, 0.717) is 18.9 Å². The van der Waals surface area contributed by atoms with E-state index in [2.05, 4.69) is 48.9 Å². The molecule has 29 heavy (non-hydrogen) atoms. The molecule has 146 valence electrons. The summed E-state index contributed by atoms with van der Waals surface area (Å²) >= 11 is 0. The van der Waals surface area contributed by atoms with Crippen molar-refractivity contribution >= 4 is 11.7 Å². The Morgan fingerprint density at radius 2 is 2.00 bits per heavy atom. The highest BCUT2D eigenvalue weighted by Crippen LogP contribution is 2.23. The molecule has 1 aliphatic heterocycles. The molecule has 1 aliphatic rings. The van der Waals surface area contributed by atoms with Crippen LogP contribution in [0.3, 0.4) is 0 Å². The van der Waals surface area contributed by atoms with E-state index in [0.717, 1.165) is 24.5 Å². The average Bonchev–Trinajstić information content (AvgIpc) is 3.36. The normalized spacial score (nSPS) is 16.2. The number of hydrogen-bond acceptors (Lipinski definition) is 6. The van der Waals surface area contributed by atoms with Gasteiger partial charge in [0, 0.05) is 25.4 Å². The first-order chi connectivity index (χ1) is 14.2. The molecular formula is C20H20N8O. The van der Waals surface area contributed by atoms with Gasteiger partial charge in [-0.1, -0.05) is 30.3 Å². The third kappa shape index (κ3) is 3.24. The molecule has 1 amide bonds. The number of aromatic nitrogens is 7. The van der Waals surface area contributed by atoms with Crippen LogP contribution < -0.4 is 0 Å². The highest BCUT2D eigenvalue weighted by atomic mass is 16.2. The van der Waals surface area contributed by atoms with Gasteiger partial charge in [-0.3, -0.25) is 4.79 Å². The molecule has 0 saturated carbocycles. The number of aryl methyl sites for hydroxylation is 2.